The lowest BCUT2D eigenvalue weighted by atomic mass is 9.42. The van der Waals surface area contributed by atoms with Gasteiger partial charge in [0.1, 0.15) is 12.2 Å². The monoisotopic (exact) mass is 1070 g/mol. The second-order valence-corrected chi connectivity index (χ2v) is 30.9. The van der Waals surface area contributed by atoms with Gasteiger partial charge < -0.3 is 34.6 Å². The van der Waals surface area contributed by atoms with Gasteiger partial charge in [-0.3, -0.25) is 9.11 Å². The van der Waals surface area contributed by atoms with Gasteiger partial charge in [0, 0.05) is 38.9 Å². The zero-order chi connectivity index (χ0) is 53.1. The number of hydrogen-bond donors (Lipinski definition) is 6. The number of aliphatic hydroxyl groups is 4. The first kappa shape index (κ1) is 53.3. The van der Waals surface area contributed by atoms with Crippen LogP contribution in [0.2, 0.25) is 0 Å². The maximum Gasteiger partial charge on any atom is 0.397 e. The minimum absolute atomic E-state index is 0.0370. The molecule has 15 nitrogen and oxygen atoms in total. The van der Waals surface area contributed by atoms with Crippen molar-refractivity contribution in [3.8, 4) is 0 Å². The minimum atomic E-state index is -4.83. The summed E-state index contributed by atoms with van der Waals surface area (Å²) in [5.41, 5.74) is 1.09. The smallest absolute Gasteiger partial charge is 0.387 e. The molecule has 0 aromatic heterocycles. The number of hydrogen-bond acceptors (Lipinski definition) is 13. The van der Waals surface area contributed by atoms with Crippen LogP contribution in [0.3, 0.4) is 0 Å². The molecule has 0 aromatic carbocycles. The molecule has 2 spiro atoms. The van der Waals surface area contributed by atoms with E-state index in [9.17, 15) is 46.4 Å². The predicted octanol–water partition coefficient (Wildman–Crippen LogP) is 8.43. The van der Waals surface area contributed by atoms with E-state index in [1.165, 1.54) is 22.3 Å². The van der Waals surface area contributed by atoms with Crippen LogP contribution in [0.15, 0.2) is 34.4 Å². The molecule has 14 rings (SSSR count). The average Bonchev–Trinajstić information content (AvgIpc) is 3.94. The third-order valence-corrected chi connectivity index (χ3v) is 26.1. The number of allylic oxidation sites excluding steroid dienone is 1. The van der Waals surface area contributed by atoms with Crippen molar-refractivity contribution >= 4 is 20.8 Å². The van der Waals surface area contributed by atoms with Crippen molar-refractivity contribution in [2.24, 2.45) is 91.2 Å². The molecule has 22 atom stereocenters. The third-order valence-electron chi connectivity index (χ3n) is 25.1. The van der Waals surface area contributed by atoms with Crippen LogP contribution in [-0.2, 0) is 43.4 Å². The average molecular weight is 1080 g/mol. The summed E-state index contributed by atoms with van der Waals surface area (Å²) in [6.45, 7) is 19.7. The highest BCUT2D eigenvalue weighted by atomic mass is 32.3. The van der Waals surface area contributed by atoms with E-state index in [4.69, 9.17) is 22.6 Å². The lowest BCUT2D eigenvalue weighted by Gasteiger charge is -2.69. The molecule has 5 aliphatic heterocycles. The Morgan fingerprint density at radius 1 is 0.689 bits per heavy atom. The van der Waals surface area contributed by atoms with E-state index < -0.39 is 90.3 Å². The molecule has 17 heteroatoms. The standard InChI is InChI=1S/C57H86O15S2/c1-30(35-11-13-37-33-23-42(71-73(62,63)64)47-49(3,4)56(60)44(58)26-54(47,28-68-56)39(33)17-20-52(35,37)8)10-15-46-51(7)19-16-32(25-51)22-41(70-46)31(2)36-12-14-38-34-24-43(72-74(65,66)67)48-50(5,6)57(61)45(59)27-55(48,29-69-57)40(34)18-21-53(36,38)9/h16,19,30-32,35-38,41-48,58-61H,10-15,17-18,20-29H2,1-9H3,(H,62,63,64)(H,65,66,67)/t30-,31+,32-,35-,36-,37+,38+,41-,42+,43+,44+,45+,46+,47?,48?,51-,52-,53-,54+,55+,56-,57-/m1/s1. The highest BCUT2D eigenvalue weighted by Gasteiger charge is 2.76. The van der Waals surface area contributed by atoms with Crippen molar-refractivity contribution in [1.82, 2.24) is 0 Å². The Kier molecular flexibility index (Phi) is 12.0. The zero-order valence-electron chi connectivity index (χ0n) is 45.2. The second-order valence-electron chi connectivity index (χ2n) is 28.8. The first-order valence-corrected chi connectivity index (χ1v) is 31.2. The minimum Gasteiger partial charge on any atom is -0.387 e. The van der Waals surface area contributed by atoms with Crippen LogP contribution < -0.4 is 0 Å². The molecule has 5 heterocycles. The van der Waals surface area contributed by atoms with E-state index in [2.05, 4.69) is 46.8 Å². The van der Waals surface area contributed by atoms with Crippen molar-refractivity contribution in [2.75, 3.05) is 13.2 Å². The normalized spacial score (nSPS) is 52.4. The fourth-order valence-electron chi connectivity index (χ4n) is 22.0. The molecule has 6 N–H and O–H groups in total. The van der Waals surface area contributed by atoms with Crippen molar-refractivity contribution in [3.05, 3.63) is 34.4 Å². The van der Waals surface area contributed by atoms with Gasteiger partial charge in [-0.2, -0.15) is 16.8 Å². The summed E-state index contributed by atoms with van der Waals surface area (Å²) < 4.78 is 102. The summed E-state index contributed by atoms with van der Waals surface area (Å²) in [5.74, 6) is -2.51. The van der Waals surface area contributed by atoms with Gasteiger partial charge in [-0.05, 0) is 155 Å². The molecular formula is C57H86O15S2. The first-order chi connectivity index (χ1) is 34.3. The summed E-state index contributed by atoms with van der Waals surface area (Å²) >= 11 is 0. The number of rotatable bonds is 10. The number of fused-ring (bicyclic) bond motifs is 10. The van der Waals surface area contributed by atoms with Crippen molar-refractivity contribution < 1.29 is 68.9 Å². The molecule has 5 saturated heterocycles. The van der Waals surface area contributed by atoms with Gasteiger partial charge in [0.2, 0.25) is 0 Å². The Labute approximate surface area is 439 Å². The van der Waals surface area contributed by atoms with Crippen molar-refractivity contribution in [3.63, 3.8) is 0 Å². The first-order valence-electron chi connectivity index (χ1n) is 28.5. The van der Waals surface area contributed by atoms with Gasteiger partial charge in [0.15, 0.2) is 11.6 Å². The Balaban J connectivity index is 0.775. The molecule has 14 aliphatic rings. The van der Waals surface area contributed by atoms with Gasteiger partial charge in [-0.25, -0.2) is 8.37 Å². The van der Waals surface area contributed by atoms with E-state index in [-0.39, 0.29) is 72.3 Å². The Morgan fingerprint density at radius 3 is 1.64 bits per heavy atom. The van der Waals surface area contributed by atoms with Crippen LogP contribution in [0.1, 0.15) is 165 Å². The fraction of sp³-hybridized carbons (Fsp3) is 0.895. The van der Waals surface area contributed by atoms with Gasteiger partial charge in [-0.1, -0.05) is 96.8 Å². The fourth-order valence-corrected chi connectivity index (χ4v) is 23.0. The van der Waals surface area contributed by atoms with E-state index >= 15 is 0 Å². The molecule has 6 bridgehead atoms. The van der Waals surface area contributed by atoms with Gasteiger partial charge in [0.05, 0.1) is 37.6 Å². The molecule has 74 heavy (non-hydrogen) atoms. The van der Waals surface area contributed by atoms with Gasteiger partial charge >= 0.3 is 20.8 Å². The Morgan fingerprint density at radius 2 is 1.16 bits per heavy atom. The highest BCUT2D eigenvalue weighted by Crippen LogP contribution is 2.74. The van der Waals surface area contributed by atoms with Crippen LogP contribution in [-0.4, -0.2) is 108 Å². The molecule has 4 saturated carbocycles. The maximum atomic E-state index is 12.5. The molecule has 0 amide bonds. The van der Waals surface area contributed by atoms with Crippen LogP contribution >= 0.6 is 0 Å². The molecule has 2 unspecified atom stereocenters. The van der Waals surface area contributed by atoms with Crippen LogP contribution in [0.4, 0.5) is 0 Å². The molecular weight excluding hydrogens is 989 g/mol. The van der Waals surface area contributed by atoms with Crippen LogP contribution in [0.5, 0.6) is 0 Å². The molecule has 0 aromatic rings. The highest BCUT2D eigenvalue weighted by molar-refractivity contribution is 7.81. The lowest BCUT2D eigenvalue weighted by Crippen LogP contribution is -2.76. The maximum absolute atomic E-state index is 12.5. The van der Waals surface area contributed by atoms with E-state index in [1.54, 1.807) is 0 Å². The van der Waals surface area contributed by atoms with E-state index in [0.717, 1.165) is 77.0 Å². The Hall–Kier alpha value is -1.32. The predicted molar refractivity (Wildman–Crippen MR) is 272 cm³/mol. The summed E-state index contributed by atoms with van der Waals surface area (Å²) in [4.78, 5) is 0. The van der Waals surface area contributed by atoms with Crippen molar-refractivity contribution in [2.45, 2.75) is 213 Å². The third kappa shape index (κ3) is 7.18. The van der Waals surface area contributed by atoms with E-state index in [0.29, 0.717) is 36.5 Å². The number of ether oxygens (including phenoxy) is 3. The zero-order valence-corrected chi connectivity index (χ0v) is 46.8. The van der Waals surface area contributed by atoms with E-state index in [1.807, 2.05) is 27.7 Å². The largest absolute Gasteiger partial charge is 0.397 e. The molecule has 416 valence electrons. The second kappa shape index (κ2) is 16.6. The molecule has 9 aliphatic carbocycles. The van der Waals surface area contributed by atoms with Gasteiger partial charge in [0.25, 0.3) is 0 Å². The van der Waals surface area contributed by atoms with Gasteiger partial charge in [-0.15, -0.1) is 0 Å². The molecule has 9 fully saturated rings. The summed E-state index contributed by atoms with van der Waals surface area (Å²) in [7, 11) is -9.66. The quantitative estimate of drug-likeness (QED) is 0.0890. The van der Waals surface area contributed by atoms with Crippen LogP contribution in [0.25, 0.3) is 0 Å². The van der Waals surface area contributed by atoms with Crippen LogP contribution in [0, 0.1) is 91.2 Å². The van der Waals surface area contributed by atoms with Crippen molar-refractivity contribution in [1.29, 1.82) is 0 Å². The lowest BCUT2D eigenvalue weighted by molar-refractivity contribution is -0.408. The number of aliphatic hydroxyl groups excluding tert-OH is 2. The Bertz CT molecular complexity index is 2670. The molecule has 0 radical (unpaired) electrons. The summed E-state index contributed by atoms with van der Waals surface area (Å²) in [6, 6.07) is 0. The summed E-state index contributed by atoms with van der Waals surface area (Å²) in [6.07, 6.45) is 13.5. The SMILES string of the molecule is C[C@@H]([C@H]1CC[C@H]2C3=C(CC[C@]12C)[C@@]12CO[C@](O)([C@@H](O)C1)C(C)(C)C2[C@@H](OS(=O)(=O)O)C3)[C@H]1C[C@H]2C=C[C@](C)(C2)[C@H](CC[C@@H](C)[C@H]2CC[C@H]3C4=C(CC[C@]23C)[C@@]23CO[C@](O)([C@@H](O)C2)C(C)(C)C3[C@@H](OS(=O)(=O)O)C4)O1. The summed E-state index contributed by atoms with van der Waals surface area (Å²) in [5, 5.41) is 46.5. The topological polar surface area (TPSA) is 236 Å².